The highest BCUT2D eigenvalue weighted by Gasteiger charge is 2.41. The van der Waals surface area contributed by atoms with Crippen molar-refractivity contribution in [3.8, 4) is 0 Å². The molecule has 0 radical (unpaired) electrons. The van der Waals surface area contributed by atoms with Crippen LogP contribution in [-0.4, -0.2) is 29.6 Å². The fraction of sp³-hybridized carbons (Fsp3) is 0.588. The van der Waals surface area contributed by atoms with Gasteiger partial charge in [0.15, 0.2) is 5.66 Å². The van der Waals surface area contributed by atoms with Crippen molar-refractivity contribution >= 4 is 5.97 Å². The lowest BCUT2D eigenvalue weighted by atomic mass is 9.99. The molecule has 1 saturated heterocycles. The summed E-state index contributed by atoms with van der Waals surface area (Å²) in [6.45, 7) is 4.11. The molecule has 0 saturated carbocycles. The SMILES string of the molecule is CCCC(N)(C(=O)OCc1ccccc1)N1CCCCC1. The Hall–Kier alpha value is -1.39. The lowest BCUT2D eigenvalue weighted by Gasteiger charge is -2.40. The molecule has 1 heterocycles. The molecule has 0 bridgehead atoms. The number of nitrogens with zero attached hydrogens (tertiary/aromatic N) is 1. The second kappa shape index (κ2) is 7.57. The maximum atomic E-state index is 12.5. The molecule has 1 aromatic rings. The molecule has 4 heteroatoms. The number of nitrogens with two attached hydrogens (primary N) is 1. The van der Waals surface area contributed by atoms with Crippen LogP contribution in [0.25, 0.3) is 0 Å². The van der Waals surface area contributed by atoms with Gasteiger partial charge in [-0.15, -0.1) is 0 Å². The van der Waals surface area contributed by atoms with Crippen molar-refractivity contribution < 1.29 is 9.53 Å². The fourth-order valence-corrected chi connectivity index (χ4v) is 2.91. The first-order chi connectivity index (χ1) is 10.2. The molecule has 1 aliphatic heterocycles. The Labute approximate surface area is 127 Å². The Kier molecular flexibility index (Phi) is 5.76. The van der Waals surface area contributed by atoms with E-state index in [1.165, 1.54) is 6.42 Å². The van der Waals surface area contributed by atoms with Gasteiger partial charge < -0.3 is 10.5 Å². The maximum Gasteiger partial charge on any atom is 0.341 e. The van der Waals surface area contributed by atoms with E-state index in [1.807, 2.05) is 30.3 Å². The molecule has 0 aromatic heterocycles. The van der Waals surface area contributed by atoms with E-state index in [1.54, 1.807) is 0 Å². The summed E-state index contributed by atoms with van der Waals surface area (Å²) in [5.41, 5.74) is 6.46. The minimum Gasteiger partial charge on any atom is -0.458 e. The van der Waals surface area contributed by atoms with Crippen LogP contribution in [0.5, 0.6) is 0 Å². The summed E-state index contributed by atoms with van der Waals surface area (Å²) in [7, 11) is 0. The number of rotatable bonds is 6. The van der Waals surface area contributed by atoms with E-state index in [0.717, 1.165) is 37.9 Å². The molecular formula is C17H26N2O2. The molecule has 1 fully saturated rings. The third kappa shape index (κ3) is 4.05. The van der Waals surface area contributed by atoms with E-state index in [9.17, 15) is 4.79 Å². The number of piperidine rings is 1. The Balaban J connectivity index is 2.00. The van der Waals surface area contributed by atoms with Crippen LogP contribution < -0.4 is 5.73 Å². The predicted octanol–water partition coefficient (Wildman–Crippen LogP) is 2.67. The molecule has 1 aromatic carbocycles. The number of hydrogen-bond acceptors (Lipinski definition) is 4. The van der Waals surface area contributed by atoms with Crippen LogP contribution in [0.2, 0.25) is 0 Å². The monoisotopic (exact) mass is 290 g/mol. The van der Waals surface area contributed by atoms with E-state index < -0.39 is 5.66 Å². The van der Waals surface area contributed by atoms with Crippen molar-refractivity contribution in [3.63, 3.8) is 0 Å². The Morgan fingerprint density at radius 1 is 1.24 bits per heavy atom. The van der Waals surface area contributed by atoms with E-state index in [0.29, 0.717) is 6.42 Å². The predicted molar refractivity (Wildman–Crippen MR) is 83.5 cm³/mol. The molecule has 1 aliphatic rings. The largest absolute Gasteiger partial charge is 0.458 e. The van der Waals surface area contributed by atoms with Gasteiger partial charge in [-0.05, 0) is 24.8 Å². The zero-order valence-corrected chi connectivity index (χ0v) is 12.9. The molecule has 116 valence electrons. The fourth-order valence-electron chi connectivity index (χ4n) is 2.91. The van der Waals surface area contributed by atoms with E-state index >= 15 is 0 Å². The molecule has 21 heavy (non-hydrogen) atoms. The zero-order chi connectivity index (χ0) is 15.1. The van der Waals surface area contributed by atoms with Gasteiger partial charge in [0, 0.05) is 13.1 Å². The summed E-state index contributed by atoms with van der Waals surface area (Å²) in [5.74, 6) is -0.296. The first kappa shape index (κ1) is 16.0. The molecule has 0 aliphatic carbocycles. The van der Waals surface area contributed by atoms with Gasteiger partial charge in [-0.2, -0.15) is 0 Å². The molecule has 4 nitrogen and oxygen atoms in total. The molecule has 2 N–H and O–H groups in total. The summed E-state index contributed by atoms with van der Waals surface area (Å²) < 4.78 is 5.49. The first-order valence-corrected chi connectivity index (χ1v) is 7.92. The van der Waals surface area contributed by atoms with Crippen LogP contribution in [0.15, 0.2) is 30.3 Å². The molecule has 2 rings (SSSR count). The van der Waals surface area contributed by atoms with Crippen molar-refractivity contribution in [2.24, 2.45) is 5.73 Å². The summed E-state index contributed by atoms with van der Waals surface area (Å²) in [6, 6.07) is 9.73. The lowest BCUT2D eigenvalue weighted by molar-refractivity contribution is -0.161. The Morgan fingerprint density at radius 2 is 1.90 bits per heavy atom. The standard InChI is InChI=1S/C17H26N2O2/c1-2-11-17(18,19-12-7-4-8-13-19)16(20)21-14-15-9-5-3-6-10-15/h3,5-6,9-10H,2,4,7-8,11-14,18H2,1H3. The maximum absolute atomic E-state index is 12.5. The van der Waals surface area contributed by atoms with Crippen LogP contribution in [0.1, 0.15) is 44.6 Å². The Morgan fingerprint density at radius 3 is 2.52 bits per heavy atom. The third-order valence-electron chi connectivity index (χ3n) is 4.12. The number of likely N-dealkylation sites (tertiary alicyclic amines) is 1. The number of carbonyl (C=O) groups excluding carboxylic acids is 1. The van der Waals surface area contributed by atoms with Gasteiger partial charge in [0.25, 0.3) is 0 Å². The first-order valence-electron chi connectivity index (χ1n) is 7.92. The van der Waals surface area contributed by atoms with Crippen molar-refractivity contribution in [1.29, 1.82) is 0 Å². The lowest BCUT2D eigenvalue weighted by Crippen LogP contribution is -2.63. The van der Waals surface area contributed by atoms with Gasteiger partial charge in [-0.25, -0.2) is 4.79 Å². The van der Waals surface area contributed by atoms with Crippen LogP contribution in [-0.2, 0) is 16.1 Å². The van der Waals surface area contributed by atoms with Gasteiger partial charge >= 0.3 is 5.97 Å². The van der Waals surface area contributed by atoms with Crippen LogP contribution in [0, 0.1) is 0 Å². The average molecular weight is 290 g/mol. The summed E-state index contributed by atoms with van der Waals surface area (Å²) in [6.07, 6.45) is 4.94. The third-order valence-corrected chi connectivity index (χ3v) is 4.12. The van der Waals surface area contributed by atoms with Crippen LogP contribution >= 0.6 is 0 Å². The normalized spacial score (nSPS) is 19.0. The average Bonchev–Trinajstić information content (AvgIpc) is 2.54. The highest BCUT2D eigenvalue weighted by atomic mass is 16.5. The van der Waals surface area contributed by atoms with E-state index in [-0.39, 0.29) is 12.6 Å². The van der Waals surface area contributed by atoms with E-state index in [2.05, 4.69) is 11.8 Å². The van der Waals surface area contributed by atoms with Crippen molar-refractivity contribution in [2.45, 2.75) is 51.3 Å². The zero-order valence-electron chi connectivity index (χ0n) is 12.9. The number of hydrogen-bond donors (Lipinski definition) is 1. The van der Waals surface area contributed by atoms with Gasteiger partial charge in [0.2, 0.25) is 0 Å². The highest BCUT2D eigenvalue weighted by molar-refractivity contribution is 5.80. The molecule has 0 amide bonds. The van der Waals surface area contributed by atoms with Gasteiger partial charge in [0.05, 0.1) is 0 Å². The van der Waals surface area contributed by atoms with Crippen molar-refractivity contribution in [2.75, 3.05) is 13.1 Å². The Bertz CT molecular complexity index is 443. The number of esters is 1. The number of carbonyl (C=O) groups is 1. The number of ether oxygens (including phenoxy) is 1. The number of benzene rings is 1. The molecule has 0 spiro atoms. The second-order valence-electron chi connectivity index (χ2n) is 5.78. The van der Waals surface area contributed by atoms with Crippen molar-refractivity contribution in [3.05, 3.63) is 35.9 Å². The summed E-state index contributed by atoms with van der Waals surface area (Å²) >= 11 is 0. The quantitative estimate of drug-likeness (QED) is 0.818. The van der Waals surface area contributed by atoms with Gasteiger partial charge in [0.1, 0.15) is 6.61 Å². The minimum absolute atomic E-state index is 0.288. The van der Waals surface area contributed by atoms with Gasteiger partial charge in [-0.3, -0.25) is 4.90 Å². The second-order valence-corrected chi connectivity index (χ2v) is 5.78. The minimum atomic E-state index is -0.968. The topological polar surface area (TPSA) is 55.6 Å². The van der Waals surface area contributed by atoms with Gasteiger partial charge in [-0.1, -0.05) is 50.1 Å². The van der Waals surface area contributed by atoms with Crippen molar-refractivity contribution in [1.82, 2.24) is 4.90 Å². The van der Waals surface area contributed by atoms with E-state index in [4.69, 9.17) is 10.5 Å². The van der Waals surface area contributed by atoms with Crippen LogP contribution in [0.4, 0.5) is 0 Å². The summed E-state index contributed by atoms with van der Waals surface area (Å²) in [4.78, 5) is 14.6. The smallest absolute Gasteiger partial charge is 0.341 e. The molecule has 1 atom stereocenters. The summed E-state index contributed by atoms with van der Waals surface area (Å²) in [5, 5.41) is 0. The molecule has 1 unspecified atom stereocenters. The highest BCUT2D eigenvalue weighted by Crippen LogP contribution is 2.23. The van der Waals surface area contributed by atoms with Crippen LogP contribution in [0.3, 0.4) is 0 Å². The molecular weight excluding hydrogens is 264 g/mol.